The first kappa shape index (κ1) is 16.8. The maximum Gasteiger partial charge on any atom is 0.320 e. The molecule has 1 aromatic carbocycles. The molecule has 1 saturated carbocycles. The number of halogens is 2. The van der Waals surface area contributed by atoms with E-state index in [9.17, 15) is 23.5 Å². The maximum atomic E-state index is 13.2. The lowest BCUT2D eigenvalue weighted by Gasteiger charge is -2.32. The number of aliphatic carboxylic acids is 1. The van der Waals surface area contributed by atoms with Crippen molar-refractivity contribution in [3.05, 3.63) is 29.8 Å². The van der Waals surface area contributed by atoms with E-state index >= 15 is 0 Å². The molecule has 0 bridgehead atoms. The van der Waals surface area contributed by atoms with E-state index in [-0.39, 0.29) is 18.3 Å². The fourth-order valence-electron chi connectivity index (χ4n) is 3.96. The smallest absolute Gasteiger partial charge is 0.320 e. The quantitative estimate of drug-likeness (QED) is 0.885. The van der Waals surface area contributed by atoms with E-state index in [1.165, 1.54) is 6.07 Å². The number of likely N-dealkylation sites (tertiary alicyclic amines) is 1. The van der Waals surface area contributed by atoms with Crippen molar-refractivity contribution in [2.75, 3.05) is 11.9 Å². The van der Waals surface area contributed by atoms with Crippen LogP contribution in [0.15, 0.2) is 18.2 Å². The van der Waals surface area contributed by atoms with Crippen LogP contribution in [-0.2, 0) is 9.59 Å². The minimum atomic E-state index is -1.04. The van der Waals surface area contributed by atoms with Gasteiger partial charge in [0.2, 0.25) is 5.91 Å². The van der Waals surface area contributed by atoms with Gasteiger partial charge in [0.05, 0.1) is 6.54 Å². The lowest BCUT2D eigenvalue weighted by atomic mass is 9.85. The highest BCUT2D eigenvalue weighted by Crippen LogP contribution is 2.39. The summed E-state index contributed by atoms with van der Waals surface area (Å²) in [5.74, 6) is -3.03. The molecule has 3 unspecified atom stereocenters. The number of carbonyl (C=O) groups excluding carboxylic acids is 1. The fraction of sp³-hybridized carbons (Fsp3) is 0.529. The molecule has 1 aliphatic carbocycles. The summed E-state index contributed by atoms with van der Waals surface area (Å²) in [6.07, 6.45) is 4.60. The molecule has 0 radical (unpaired) electrons. The summed E-state index contributed by atoms with van der Waals surface area (Å²) < 4.78 is 26.1. The minimum absolute atomic E-state index is 0.0584. The Morgan fingerprint density at radius 1 is 1.21 bits per heavy atom. The van der Waals surface area contributed by atoms with Gasteiger partial charge in [-0.1, -0.05) is 12.8 Å². The summed E-state index contributed by atoms with van der Waals surface area (Å²) in [6.45, 7) is -0.0584. The molecule has 1 saturated heterocycles. The first-order chi connectivity index (χ1) is 11.5. The average molecular weight is 338 g/mol. The minimum Gasteiger partial charge on any atom is -0.480 e. The third kappa shape index (κ3) is 3.40. The van der Waals surface area contributed by atoms with Crippen molar-refractivity contribution < 1.29 is 23.5 Å². The molecule has 24 heavy (non-hydrogen) atoms. The summed E-state index contributed by atoms with van der Waals surface area (Å²) in [6, 6.07) is 2.58. The van der Waals surface area contributed by atoms with Crippen molar-refractivity contribution >= 4 is 17.6 Å². The number of carboxylic acids is 1. The van der Waals surface area contributed by atoms with Crippen LogP contribution in [0.3, 0.4) is 0 Å². The maximum absolute atomic E-state index is 13.2. The van der Waals surface area contributed by atoms with E-state index in [0.29, 0.717) is 12.3 Å². The van der Waals surface area contributed by atoms with Crippen LogP contribution in [0.4, 0.5) is 14.5 Å². The normalized spacial score (nSPS) is 26.8. The Morgan fingerprint density at radius 3 is 2.67 bits per heavy atom. The highest BCUT2D eigenvalue weighted by atomic mass is 19.2. The van der Waals surface area contributed by atoms with Crippen molar-refractivity contribution in [1.29, 1.82) is 0 Å². The number of rotatable bonds is 4. The topological polar surface area (TPSA) is 69.6 Å². The van der Waals surface area contributed by atoms with Crippen LogP contribution in [0, 0.1) is 17.6 Å². The number of fused-ring (bicyclic) bond motifs is 1. The Morgan fingerprint density at radius 2 is 1.96 bits per heavy atom. The second-order valence-electron chi connectivity index (χ2n) is 6.55. The van der Waals surface area contributed by atoms with Crippen molar-refractivity contribution in [1.82, 2.24) is 4.90 Å². The van der Waals surface area contributed by atoms with Gasteiger partial charge in [-0.3, -0.25) is 14.5 Å². The average Bonchev–Trinajstić information content (AvgIpc) is 2.90. The molecule has 2 N–H and O–H groups in total. The largest absolute Gasteiger partial charge is 0.480 e. The monoisotopic (exact) mass is 338 g/mol. The summed E-state index contributed by atoms with van der Waals surface area (Å²) in [5.41, 5.74) is 0.158. The first-order valence-corrected chi connectivity index (χ1v) is 8.19. The van der Waals surface area contributed by atoms with E-state index in [4.69, 9.17) is 0 Å². The number of amides is 1. The number of anilines is 1. The van der Waals surface area contributed by atoms with Gasteiger partial charge in [-0.05, 0) is 37.3 Å². The van der Waals surface area contributed by atoms with Crippen LogP contribution in [0.2, 0.25) is 0 Å². The third-order valence-electron chi connectivity index (χ3n) is 5.04. The Hall–Kier alpha value is -2.02. The molecule has 1 heterocycles. The predicted molar refractivity (Wildman–Crippen MR) is 83.5 cm³/mol. The molecule has 5 nitrogen and oxygen atoms in total. The molecular weight excluding hydrogens is 318 g/mol. The standard InChI is InChI=1S/C17H20F2N2O3/c18-12-6-5-11(8-13(12)19)20-16(22)9-21-14-4-2-1-3-10(14)7-15(21)17(23)24/h5-6,8,10,14-15H,1-4,7,9H2,(H,20,22)(H,23,24). The summed E-state index contributed by atoms with van der Waals surface area (Å²) in [7, 11) is 0. The van der Waals surface area contributed by atoms with Crippen LogP contribution < -0.4 is 5.32 Å². The zero-order chi connectivity index (χ0) is 17.3. The molecule has 2 aliphatic rings. The van der Waals surface area contributed by atoms with E-state index in [0.717, 1.165) is 37.8 Å². The van der Waals surface area contributed by atoms with E-state index in [2.05, 4.69) is 5.32 Å². The zero-order valence-electron chi connectivity index (χ0n) is 13.2. The molecule has 2 fully saturated rings. The van der Waals surface area contributed by atoms with Crippen LogP contribution >= 0.6 is 0 Å². The Labute approximate surface area is 138 Å². The number of hydrogen-bond donors (Lipinski definition) is 2. The summed E-state index contributed by atoms with van der Waals surface area (Å²) >= 11 is 0. The summed E-state index contributed by atoms with van der Waals surface area (Å²) in [5, 5.41) is 11.9. The molecule has 1 aromatic rings. The van der Waals surface area contributed by atoms with Crippen molar-refractivity contribution in [2.24, 2.45) is 5.92 Å². The van der Waals surface area contributed by atoms with Gasteiger partial charge < -0.3 is 10.4 Å². The van der Waals surface area contributed by atoms with Gasteiger partial charge in [-0.25, -0.2) is 8.78 Å². The highest BCUT2D eigenvalue weighted by molar-refractivity contribution is 5.92. The molecular formula is C17H20F2N2O3. The van der Waals surface area contributed by atoms with Gasteiger partial charge >= 0.3 is 5.97 Å². The van der Waals surface area contributed by atoms with Crippen LogP contribution in [0.5, 0.6) is 0 Å². The number of carbonyl (C=O) groups is 2. The lowest BCUT2D eigenvalue weighted by Crippen LogP contribution is -2.46. The molecule has 1 amide bonds. The molecule has 3 atom stereocenters. The third-order valence-corrected chi connectivity index (χ3v) is 5.04. The molecule has 1 aliphatic heterocycles. The number of carboxylic acid groups (broad SMARTS) is 1. The van der Waals surface area contributed by atoms with Crippen molar-refractivity contribution in [3.8, 4) is 0 Å². The SMILES string of the molecule is O=C(CN1C(C(=O)O)CC2CCCCC21)Nc1ccc(F)c(F)c1. The van der Waals surface area contributed by atoms with Crippen LogP contribution in [0.25, 0.3) is 0 Å². The van der Waals surface area contributed by atoms with Gasteiger partial charge in [-0.15, -0.1) is 0 Å². The van der Waals surface area contributed by atoms with Crippen LogP contribution in [0.1, 0.15) is 32.1 Å². The molecule has 0 spiro atoms. The lowest BCUT2D eigenvalue weighted by molar-refractivity contribution is -0.143. The van der Waals surface area contributed by atoms with Crippen molar-refractivity contribution in [3.63, 3.8) is 0 Å². The number of nitrogens with one attached hydrogen (secondary N) is 1. The molecule has 0 aromatic heterocycles. The number of benzene rings is 1. The summed E-state index contributed by atoms with van der Waals surface area (Å²) in [4.78, 5) is 25.5. The van der Waals surface area contributed by atoms with Gasteiger partial charge in [0, 0.05) is 17.8 Å². The Balaban J connectivity index is 1.69. The van der Waals surface area contributed by atoms with Gasteiger partial charge in [0.15, 0.2) is 11.6 Å². The van der Waals surface area contributed by atoms with E-state index < -0.39 is 29.6 Å². The van der Waals surface area contributed by atoms with Crippen molar-refractivity contribution in [2.45, 2.75) is 44.2 Å². The Kier molecular flexibility index (Phi) is 4.80. The van der Waals surface area contributed by atoms with Gasteiger partial charge in [-0.2, -0.15) is 0 Å². The molecule has 130 valence electrons. The highest BCUT2D eigenvalue weighted by Gasteiger charge is 2.45. The van der Waals surface area contributed by atoms with Gasteiger partial charge in [0.1, 0.15) is 6.04 Å². The van der Waals surface area contributed by atoms with Gasteiger partial charge in [0.25, 0.3) is 0 Å². The first-order valence-electron chi connectivity index (χ1n) is 8.19. The van der Waals surface area contributed by atoms with E-state index in [1.54, 1.807) is 4.90 Å². The zero-order valence-corrected chi connectivity index (χ0v) is 13.2. The van der Waals surface area contributed by atoms with Crippen LogP contribution in [-0.4, -0.2) is 40.5 Å². The predicted octanol–water partition coefficient (Wildman–Crippen LogP) is 2.62. The van der Waals surface area contributed by atoms with E-state index in [1.807, 2.05) is 0 Å². The fourth-order valence-corrected chi connectivity index (χ4v) is 3.96. The second kappa shape index (κ2) is 6.84. The second-order valence-corrected chi connectivity index (χ2v) is 6.55. The number of hydrogen-bond acceptors (Lipinski definition) is 3. The number of nitrogens with zero attached hydrogens (tertiary/aromatic N) is 1. The molecule has 7 heteroatoms. The Bertz CT molecular complexity index is 653. The molecule has 3 rings (SSSR count).